The standard InChI is InChI=1S/C19H17N5O2S/c25-18(11-23-13-21-17-4-2-1-3-15(17)19(23)26)20-7-9-24-8-5-16(22-24)14-6-10-27-12-14/h1-6,8,10,12-13H,7,9,11H2,(H,20,25). The molecule has 1 amide bonds. The van der Waals surface area contributed by atoms with Gasteiger partial charge in [0.25, 0.3) is 5.56 Å². The minimum Gasteiger partial charge on any atom is -0.353 e. The van der Waals surface area contributed by atoms with Gasteiger partial charge in [0.05, 0.1) is 29.5 Å². The number of hydrogen-bond donors (Lipinski definition) is 1. The fourth-order valence-corrected chi connectivity index (χ4v) is 3.44. The Balaban J connectivity index is 1.34. The summed E-state index contributed by atoms with van der Waals surface area (Å²) < 4.78 is 3.11. The van der Waals surface area contributed by atoms with Crippen LogP contribution in [0.4, 0.5) is 0 Å². The van der Waals surface area contributed by atoms with Gasteiger partial charge in [-0.1, -0.05) is 12.1 Å². The maximum atomic E-state index is 12.4. The first-order valence-corrected chi connectivity index (χ1v) is 9.42. The summed E-state index contributed by atoms with van der Waals surface area (Å²) in [7, 11) is 0. The number of aromatic nitrogens is 4. The van der Waals surface area contributed by atoms with Gasteiger partial charge < -0.3 is 5.32 Å². The number of rotatable bonds is 6. The molecule has 136 valence electrons. The van der Waals surface area contributed by atoms with Gasteiger partial charge in [-0.2, -0.15) is 16.4 Å². The first kappa shape index (κ1) is 17.2. The van der Waals surface area contributed by atoms with Crippen LogP contribution in [0.25, 0.3) is 22.2 Å². The second-order valence-electron chi connectivity index (χ2n) is 6.02. The summed E-state index contributed by atoms with van der Waals surface area (Å²) in [6.45, 7) is 0.927. The van der Waals surface area contributed by atoms with Gasteiger partial charge in [0, 0.05) is 23.7 Å². The van der Waals surface area contributed by atoms with Crippen LogP contribution in [0.2, 0.25) is 0 Å². The first-order valence-electron chi connectivity index (χ1n) is 8.47. The van der Waals surface area contributed by atoms with Crippen molar-refractivity contribution in [2.45, 2.75) is 13.1 Å². The highest BCUT2D eigenvalue weighted by atomic mass is 32.1. The van der Waals surface area contributed by atoms with E-state index in [1.54, 1.807) is 34.2 Å². The van der Waals surface area contributed by atoms with E-state index < -0.39 is 0 Å². The lowest BCUT2D eigenvalue weighted by molar-refractivity contribution is -0.121. The van der Waals surface area contributed by atoms with Crippen molar-refractivity contribution in [2.24, 2.45) is 0 Å². The van der Waals surface area contributed by atoms with Crippen molar-refractivity contribution in [2.75, 3.05) is 6.54 Å². The average molecular weight is 379 g/mol. The minimum absolute atomic E-state index is 0.0596. The summed E-state index contributed by atoms with van der Waals surface area (Å²) in [6, 6.07) is 11.1. The number of thiophene rings is 1. The van der Waals surface area contributed by atoms with E-state index in [0.29, 0.717) is 24.0 Å². The molecule has 0 saturated carbocycles. The van der Waals surface area contributed by atoms with Crippen molar-refractivity contribution in [3.05, 3.63) is 70.0 Å². The van der Waals surface area contributed by atoms with Crippen LogP contribution < -0.4 is 10.9 Å². The van der Waals surface area contributed by atoms with Gasteiger partial charge >= 0.3 is 0 Å². The molecule has 4 aromatic rings. The summed E-state index contributed by atoms with van der Waals surface area (Å²) >= 11 is 1.63. The molecule has 0 aliphatic heterocycles. The average Bonchev–Trinajstić information content (AvgIpc) is 3.36. The van der Waals surface area contributed by atoms with Crippen LogP contribution in [0.15, 0.2) is 64.5 Å². The second kappa shape index (κ2) is 7.55. The fourth-order valence-electron chi connectivity index (χ4n) is 2.79. The maximum Gasteiger partial charge on any atom is 0.261 e. The smallest absolute Gasteiger partial charge is 0.261 e. The normalized spacial score (nSPS) is 11.0. The molecule has 0 unspecified atom stereocenters. The molecule has 0 bridgehead atoms. The third-order valence-corrected chi connectivity index (χ3v) is 4.85. The molecule has 0 radical (unpaired) electrons. The summed E-state index contributed by atoms with van der Waals surface area (Å²) in [5, 5.41) is 11.9. The Hall–Kier alpha value is -3.26. The zero-order chi connectivity index (χ0) is 18.6. The summed E-state index contributed by atoms with van der Waals surface area (Å²) in [5.41, 5.74) is 2.41. The predicted octanol–water partition coefficient (Wildman–Crippen LogP) is 2.14. The molecule has 7 nitrogen and oxygen atoms in total. The molecule has 3 heterocycles. The molecule has 0 spiro atoms. The zero-order valence-corrected chi connectivity index (χ0v) is 15.2. The van der Waals surface area contributed by atoms with E-state index in [2.05, 4.69) is 15.4 Å². The Morgan fingerprint density at radius 2 is 2.07 bits per heavy atom. The fraction of sp³-hybridized carbons (Fsp3) is 0.158. The van der Waals surface area contributed by atoms with E-state index in [-0.39, 0.29) is 18.0 Å². The summed E-state index contributed by atoms with van der Waals surface area (Å²) in [6.07, 6.45) is 3.29. The van der Waals surface area contributed by atoms with Crippen LogP contribution in [-0.2, 0) is 17.9 Å². The lowest BCUT2D eigenvalue weighted by Gasteiger charge is -2.08. The first-order chi connectivity index (χ1) is 13.2. The molecule has 4 rings (SSSR count). The van der Waals surface area contributed by atoms with Crippen LogP contribution in [0.3, 0.4) is 0 Å². The highest BCUT2D eigenvalue weighted by molar-refractivity contribution is 7.08. The van der Waals surface area contributed by atoms with Crippen molar-refractivity contribution < 1.29 is 4.79 Å². The molecule has 0 aliphatic rings. The van der Waals surface area contributed by atoms with Crippen molar-refractivity contribution in [3.63, 3.8) is 0 Å². The molecular weight excluding hydrogens is 362 g/mol. The van der Waals surface area contributed by atoms with E-state index in [9.17, 15) is 9.59 Å². The number of nitrogens with one attached hydrogen (secondary N) is 1. The highest BCUT2D eigenvalue weighted by Gasteiger charge is 2.08. The van der Waals surface area contributed by atoms with Crippen LogP contribution in [0.1, 0.15) is 0 Å². The SMILES string of the molecule is O=C(Cn1cnc2ccccc2c1=O)NCCn1ccc(-c2ccsc2)n1. The Labute approximate surface area is 158 Å². The molecule has 8 heteroatoms. The molecule has 27 heavy (non-hydrogen) atoms. The maximum absolute atomic E-state index is 12.4. The Morgan fingerprint density at radius 3 is 2.93 bits per heavy atom. The van der Waals surface area contributed by atoms with E-state index in [1.165, 1.54) is 10.9 Å². The number of carbonyl (C=O) groups excluding carboxylic acids is 1. The van der Waals surface area contributed by atoms with Gasteiger partial charge in [0.2, 0.25) is 5.91 Å². The molecule has 0 atom stereocenters. The van der Waals surface area contributed by atoms with Gasteiger partial charge in [0.1, 0.15) is 6.54 Å². The number of fused-ring (bicyclic) bond motifs is 1. The number of para-hydroxylation sites is 1. The second-order valence-corrected chi connectivity index (χ2v) is 6.80. The molecule has 1 N–H and O–H groups in total. The largest absolute Gasteiger partial charge is 0.353 e. The predicted molar refractivity (Wildman–Crippen MR) is 105 cm³/mol. The van der Waals surface area contributed by atoms with Crippen molar-refractivity contribution in [3.8, 4) is 11.3 Å². The Kier molecular flexibility index (Phi) is 4.80. The molecule has 1 aromatic carbocycles. The number of benzene rings is 1. The van der Waals surface area contributed by atoms with Gasteiger partial charge in [0.15, 0.2) is 0 Å². The monoisotopic (exact) mass is 379 g/mol. The van der Waals surface area contributed by atoms with Crippen LogP contribution in [-0.4, -0.2) is 31.8 Å². The lowest BCUT2D eigenvalue weighted by atomic mass is 10.2. The third-order valence-electron chi connectivity index (χ3n) is 4.17. The van der Waals surface area contributed by atoms with E-state index in [0.717, 1.165) is 11.3 Å². The van der Waals surface area contributed by atoms with Gasteiger partial charge in [-0.25, -0.2) is 4.98 Å². The van der Waals surface area contributed by atoms with Crippen LogP contribution in [0, 0.1) is 0 Å². The third kappa shape index (κ3) is 3.80. The molecule has 0 fully saturated rings. The number of carbonyl (C=O) groups is 1. The molecular formula is C19H17N5O2S. The minimum atomic E-state index is -0.237. The lowest BCUT2D eigenvalue weighted by Crippen LogP contribution is -2.34. The van der Waals surface area contributed by atoms with Crippen LogP contribution in [0.5, 0.6) is 0 Å². The number of hydrogen-bond acceptors (Lipinski definition) is 5. The van der Waals surface area contributed by atoms with Gasteiger partial charge in [-0.3, -0.25) is 18.8 Å². The highest BCUT2D eigenvalue weighted by Crippen LogP contribution is 2.19. The zero-order valence-electron chi connectivity index (χ0n) is 14.4. The Bertz CT molecular complexity index is 1130. The topological polar surface area (TPSA) is 81.8 Å². The van der Waals surface area contributed by atoms with Crippen molar-refractivity contribution in [1.82, 2.24) is 24.6 Å². The van der Waals surface area contributed by atoms with Crippen LogP contribution >= 0.6 is 11.3 Å². The number of amides is 1. The molecule has 0 saturated heterocycles. The Morgan fingerprint density at radius 1 is 1.19 bits per heavy atom. The van der Waals surface area contributed by atoms with E-state index in [4.69, 9.17) is 0 Å². The molecule has 0 aliphatic carbocycles. The van der Waals surface area contributed by atoms with E-state index in [1.807, 2.05) is 35.2 Å². The van der Waals surface area contributed by atoms with E-state index >= 15 is 0 Å². The molecule has 3 aromatic heterocycles. The summed E-state index contributed by atoms with van der Waals surface area (Å²) in [5.74, 6) is -0.237. The van der Waals surface area contributed by atoms with Gasteiger partial charge in [-0.05, 0) is 29.6 Å². The van der Waals surface area contributed by atoms with Gasteiger partial charge in [-0.15, -0.1) is 0 Å². The number of nitrogens with zero attached hydrogens (tertiary/aromatic N) is 4. The summed E-state index contributed by atoms with van der Waals surface area (Å²) in [4.78, 5) is 28.8. The quantitative estimate of drug-likeness (QED) is 0.556. The van der Waals surface area contributed by atoms with Crippen molar-refractivity contribution >= 4 is 28.1 Å². The van der Waals surface area contributed by atoms with Crippen molar-refractivity contribution in [1.29, 1.82) is 0 Å².